The molecule has 0 radical (unpaired) electrons. The van der Waals surface area contributed by atoms with E-state index < -0.39 is 0 Å². The van der Waals surface area contributed by atoms with Gasteiger partial charge < -0.3 is 5.32 Å². The molecule has 1 N–H and O–H groups in total. The zero-order valence-corrected chi connectivity index (χ0v) is 12.8. The number of amides is 1. The van der Waals surface area contributed by atoms with E-state index in [1.54, 1.807) is 0 Å². The van der Waals surface area contributed by atoms with Crippen LogP contribution in [0.5, 0.6) is 0 Å². The maximum Gasteiger partial charge on any atom is 0.227 e. The van der Waals surface area contributed by atoms with Crippen LogP contribution in [0, 0.1) is 5.92 Å². The molecule has 0 spiro atoms. The lowest BCUT2D eigenvalue weighted by atomic mass is 9.88. The third-order valence-electron chi connectivity index (χ3n) is 4.36. The fourth-order valence-electron chi connectivity index (χ4n) is 3.05. The molecule has 1 saturated carbocycles. The third-order valence-corrected chi connectivity index (χ3v) is 4.36. The second kappa shape index (κ2) is 7.21. The van der Waals surface area contributed by atoms with Gasteiger partial charge in [-0.15, -0.1) is 0 Å². The van der Waals surface area contributed by atoms with Crippen molar-refractivity contribution in [2.45, 2.75) is 38.5 Å². The predicted octanol–water partition coefficient (Wildman–Crippen LogP) is 4.19. The van der Waals surface area contributed by atoms with E-state index in [9.17, 15) is 4.79 Å². The summed E-state index contributed by atoms with van der Waals surface area (Å²) in [6.45, 7) is 0. The van der Waals surface area contributed by atoms with Gasteiger partial charge in [-0.05, 0) is 54.7 Å². The van der Waals surface area contributed by atoms with Crippen LogP contribution in [0.4, 0.5) is 5.69 Å². The molecule has 2 aromatic rings. The van der Waals surface area contributed by atoms with Gasteiger partial charge in [-0.25, -0.2) is 0 Å². The molecule has 22 heavy (non-hydrogen) atoms. The molecular formula is C19H22N2O. The molecule has 0 saturated heterocycles. The van der Waals surface area contributed by atoms with Crippen LogP contribution in [0.2, 0.25) is 0 Å². The molecule has 1 amide bonds. The minimum atomic E-state index is 0.182. The zero-order chi connectivity index (χ0) is 15.2. The number of nitrogens with one attached hydrogen (secondary N) is 1. The minimum Gasteiger partial charge on any atom is -0.326 e. The van der Waals surface area contributed by atoms with Crippen molar-refractivity contribution in [2.75, 3.05) is 5.32 Å². The number of nitrogens with zero attached hydrogens (tertiary/aromatic N) is 1. The van der Waals surface area contributed by atoms with Crippen LogP contribution >= 0.6 is 0 Å². The van der Waals surface area contributed by atoms with Crippen molar-refractivity contribution in [2.24, 2.45) is 5.92 Å². The monoisotopic (exact) mass is 294 g/mol. The van der Waals surface area contributed by atoms with Gasteiger partial charge in [0.15, 0.2) is 0 Å². The van der Waals surface area contributed by atoms with Crippen molar-refractivity contribution in [3.63, 3.8) is 0 Å². The Labute approximate surface area is 131 Å². The van der Waals surface area contributed by atoms with Gasteiger partial charge in [-0.3, -0.25) is 9.78 Å². The highest BCUT2D eigenvalue weighted by atomic mass is 16.1. The van der Waals surface area contributed by atoms with Crippen molar-refractivity contribution >= 4 is 11.6 Å². The molecule has 3 heteroatoms. The number of hydrogen-bond donors (Lipinski definition) is 1. The molecule has 114 valence electrons. The number of carbonyl (C=O) groups is 1. The van der Waals surface area contributed by atoms with Crippen molar-refractivity contribution < 1.29 is 4.79 Å². The van der Waals surface area contributed by atoms with Crippen LogP contribution in [0.25, 0.3) is 0 Å². The number of benzene rings is 1. The molecule has 3 rings (SSSR count). The summed E-state index contributed by atoms with van der Waals surface area (Å²) in [5.74, 6) is 0.381. The highest BCUT2D eigenvalue weighted by molar-refractivity contribution is 5.92. The quantitative estimate of drug-likeness (QED) is 0.918. The number of anilines is 1. The largest absolute Gasteiger partial charge is 0.326 e. The maximum atomic E-state index is 12.2. The lowest BCUT2D eigenvalue weighted by Crippen LogP contribution is -2.24. The fourth-order valence-corrected chi connectivity index (χ4v) is 3.05. The first-order chi connectivity index (χ1) is 10.8. The summed E-state index contributed by atoms with van der Waals surface area (Å²) in [5, 5.41) is 3.05. The first-order valence-corrected chi connectivity index (χ1v) is 8.10. The molecule has 3 nitrogen and oxygen atoms in total. The standard InChI is InChI=1S/C19H22N2O/c22-19(17-4-2-1-3-5-17)21-18-8-6-15(7-9-18)14-16-10-12-20-13-11-16/h6-13,17H,1-5,14H2,(H,21,22). The molecule has 1 aliphatic carbocycles. The topological polar surface area (TPSA) is 42.0 Å². The summed E-state index contributed by atoms with van der Waals surface area (Å²) in [6, 6.07) is 12.2. The van der Waals surface area contributed by atoms with Crippen molar-refractivity contribution in [3.8, 4) is 0 Å². The summed E-state index contributed by atoms with van der Waals surface area (Å²) >= 11 is 0. The Balaban J connectivity index is 1.58. The highest BCUT2D eigenvalue weighted by Gasteiger charge is 2.20. The summed E-state index contributed by atoms with van der Waals surface area (Å²) in [6.07, 6.45) is 10.2. The predicted molar refractivity (Wildman–Crippen MR) is 88.7 cm³/mol. The Bertz CT molecular complexity index is 601. The number of aromatic nitrogens is 1. The van der Waals surface area contributed by atoms with E-state index in [1.165, 1.54) is 30.4 Å². The number of carbonyl (C=O) groups excluding carboxylic acids is 1. The van der Waals surface area contributed by atoms with Gasteiger partial charge in [0.25, 0.3) is 0 Å². The van der Waals surface area contributed by atoms with Crippen molar-refractivity contribution in [1.29, 1.82) is 0 Å². The second-order valence-electron chi connectivity index (χ2n) is 6.05. The molecule has 1 fully saturated rings. The van der Waals surface area contributed by atoms with E-state index in [4.69, 9.17) is 0 Å². The molecule has 0 unspecified atom stereocenters. The van der Waals surface area contributed by atoms with Crippen LogP contribution in [-0.2, 0) is 11.2 Å². The molecule has 0 atom stereocenters. The molecule has 1 aliphatic rings. The Morgan fingerprint density at radius 1 is 0.955 bits per heavy atom. The summed E-state index contributed by atoms with van der Waals surface area (Å²) in [7, 11) is 0. The van der Waals surface area contributed by atoms with E-state index in [0.29, 0.717) is 0 Å². The van der Waals surface area contributed by atoms with Gasteiger partial charge in [-0.2, -0.15) is 0 Å². The van der Waals surface area contributed by atoms with Gasteiger partial charge >= 0.3 is 0 Å². The summed E-state index contributed by atoms with van der Waals surface area (Å²) in [5.41, 5.74) is 3.38. The Morgan fingerprint density at radius 3 is 2.27 bits per heavy atom. The van der Waals surface area contributed by atoms with E-state index in [2.05, 4.69) is 22.4 Å². The Hall–Kier alpha value is -2.16. The maximum absolute atomic E-state index is 12.2. The third kappa shape index (κ3) is 3.94. The highest BCUT2D eigenvalue weighted by Crippen LogP contribution is 2.25. The number of pyridine rings is 1. The second-order valence-corrected chi connectivity index (χ2v) is 6.05. The van der Waals surface area contributed by atoms with Crippen LogP contribution in [-0.4, -0.2) is 10.9 Å². The van der Waals surface area contributed by atoms with E-state index in [1.807, 2.05) is 36.7 Å². The molecule has 1 aromatic carbocycles. The van der Waals surface area contributed by atoms with Crippen LogP contribution in [0.1, 0.15) is 43.2 Å². The number of rotatable bonds is 4. The Kier molecular flexibility index (Phi) is 4.84. The normalized spacial score (nSPS) is 15.5. The van der Waals surface area contributed by atoms with Crippen LogP contribution < -0.4 is 5.32 Å². The number of hydrogen-bond acceptors (Lipinski definition) is 2. The average molecular weight is 294 g/mol. The smallest absolute Gasteiger partial charge is 0.227 e. The molecule has 0 bridgehead atoms. The van der Waals surface area contributed by atoms with Crippen molar-refractivity contribution in [3.05, 3.63) is 59.9 Å². The molecular weight excluding hydrogens is 272 g/mol. The minimum absolute atomic E-state index is 0.182. The van der Waals surface area contributed by atoms with Gasteiger partial charge in [0, 0.05) is 24.0 Å². The van der Waals surface area contributed by atoms with Gasteiger partial charge in [0.05, 0.1) is 0 Å². The van der Waals surface area contributed by atoms with E-state index in [0.717, 1.165) is 24.9 Å². The summed E-state index contributed by atoms with van der Waals surface area (Å²) in [4.78, 5) is 16.3. The molecule has 0 aliphatic heterocycles. The lowest BCUT2D eigenvalue weighted by Gasteiger charge is -2.20. The lowest BCUT2D eigenvalue weighted by molar-refractivity contribution is -0.120. The van der Waals surface area contributed by atoms with Gasteiger partial charge in [-0.1, -0.05) is 31.4 Å². The SMILES string of the molecule is O=C(Nc1ccc(Cc2ccncc2)cc1)C1CCCCC1. The van der Waals surface area contributed by atoms with E-state index >= 15 is 0 Å². The first-order valence-electron chi connectivity index (χ1n) is 8.10. The van der Waals surface area contributed by atoms with E-state index in [-0.39, 0.29) is 11.8 Å². The van der Waals surface area contributed by atoms with Crippen LogP contribution in [0.15, 0.2) is 48.8 Å². The van der Waals surface area contributed by atoms with Gasteiger partial charge in [0.1, 0.15) is 0 Å². The molecule has 1 heterocycles. The average Bonchev–Trinajstić information content (AvgIpc) is 2.58. The van der Waals surface area contributed by atoms with Gasteiger partial charge in [0.2, 0.25) is 5.91 Å². The summed E-state index contributed by atoms with van der Waals surface area (Å²) < 4.78 is 0. The molecule has 1 aromatic heterocycles. The Morgan fingerprint density at radius 2 is 1.59 bits per heavy atom. The van der Waals surface area contributed by atoms with Crippen molar-refractivity contribution in [1.82, 2.24) is 4.98 Å². The first kappa shape index (κ1) is 14.8. The zero-order valence-electron chi connectivity index (χ0n) is 12.8. The van der Waals surface area contributed by atoms with Crippen LogP contribution in [0.3, 0.4) is 0 Å². The fraction of sp³-hybridized carbons (Fsp3) is 0.368.